The zero-order valence-electron chi connectivity index (χ0n) is 17.4. The number of hydrogen-bond acceptors (Lipinski definition) is 4. The number of fused-ring (bicyclic) bond motifs is 1. The lowest BCUT2D eigenvalue weighted by molar-refractivity contribution is -0.125. The average Bonchev–Trinajstić information content (AvgIpc) is 3.36. The van der Waals surface area contributed by atoms with E-state index in [2.05, 4.69) is 15.7 Å². The van der Waals surface area contributed by atoms with E-state index in [1.165, 1.54) is 0 Å². The van der Waals surface area contributed by atoms with Gasteiger partial charge in [-0.15, -0.1) is 0 Å². The summed E-state index contributed by atoms with van der Waals surface area (Å²) < 4.78 is 1.63. The van der Waals surface area contributed by atoms with Crippen LogP contribution in [0.1, 0.15) is 35.8 Å². The second-order valence-corrected chi connectivity index (χ2v) is 8.54. The first-order valence-corrected chi connectivity index (χ1v) is 11.0. The van der Waals surface area contributed by atoms with Crippen LogP contribution in [0, 0.1) is 11.8 Å². The van der Waals surface area contributed by atoms with Crippen LogP contribution in [0.25, 0.3) is 0 Å². The number of amides is 3. The third-order valence-electron chi connectivity index (χ3n) is 6.13. The SMILES string of the molecule is CCn1nccc1C(=O)N1CC(=O)N[C@@H]2C[C@@H](C(=O)NCc3ccccc3Cl)C[C@@H]2C1. The zero-order valence-corrected chi connectivity index (χ0v) is 18.1. The summed E-state index contributed by atoms with van der Waals surface area (Å²) in [7, 11) is 0. The number of hydrogen-bond donors (Lipinski definition) is 2. The minimum atomic E-state index is -0.214. The highest BCUT2D eigenvalue weighted by Crippen LogP contribution is 2.34. The third-order valence-corrected chi connectivity index (χ3v) is 6.50. The standard InChI is InChI=1S/C22H26ClN5O3/c1-2-28-19(7-8-25-28)22(31)27-12-16-9-15(10-18(16)26-20(29)13-27)21(30)24-11-14-5-3-4-6-17(14)23/h3-8,15-16,18H,2,9-13H2,1H3,(H,24,30)(H,26,29)/t15-,16+,18+/m0/s1. The van der Waals surface area contributed by atoms with Gasteiger partial charge < -0.3 is 15.5 Å². The highest BCUT2D eigenvalue weighted by atomic mass is 35.5. The molecule has 2 heterocycles. The van der Waals surface area contributed by atoms with Crippen LogP contribution in [0.15, 0.2) is 36.5 Å². The van der Waals surface area contributed by atoms with Gasteiger partial charge in [0.15, 0.2) is 0 Å². The minimum Gasteiger partial charge on any atom is -0.352 e. The third kappa shape index (κ3) is 4.58. The van der Waals surface area contributed by atoms with Gasteiger partial charge in [0.2, 0.25) is 11.8 Å². The van der Waals surface area contributed by atoms with Crippen molar-refractivity contribution in [1.29, 1.82) is 0 Å². The van der Waals surface area contributed by atoms with E-state index in [1.54, 1.807) is 27.9 Å². The summed E-state index contributed by atoms with van der Waals surface area (Å²) in [6, 6.07) is 8.96. The van der Waals surface area contributed by atoms with Crippen molar-refractivity contribution in [2.24, 2.45) is 11.8 Å². The van der Waals surface area contributed by atoms with Crippen LogP contribution >= 0.6 is 11.6 Å². The van der Waals surface area contributed by atoms with Crippen molar-refractivity contribution in [3.8, 4) is 0 Å². The Bertz CT molecular complexity index is 991. The summed E-state index contributed by atoms with van der Waals surface area (Å²) in [6.45, 7) is 3.31. The number of halogens is 1. The molecule has 0 unspecified atom stereocenters. The van der Waals surface area contributed by atoms with Crippen molar-refractivity contribution in [1.82, 2.24) is 25.3 Å². The molecule has 0 bridgehead atoms. The first-order valence-electron chi connectivity index (χ1n) is 10.6. The molecular formula is C22H26ClN5O3. The number of nitrogens with zero attached hydrogens (tertiary/aromatic N) is 3. The van der Waals surface area contributed by atoms with Gasteiger partial charge in [-0.2, -0.15) is 5.10 Å². The number of aromatic nitrogens is 2. The number of rotatable bonds is 5. The molecule has 2 aliphatic rings. The normalized spacial score (nSPS) is 23.1. The lowest BCUT2D eigenvalue weighted by Crippen LogP contribution is -2.40. The fraction of sp³-hybridized carbons (Fsp3) is 0.455. The average molecular weight is 444 g/mol. The van der Waals surface area contributed by atoms with Crippen LogP contribution in [0.5, 0.6) is 0 Å². The Morgan fingerprint density at radius 2 is 2.06 bits per heavy atom. The Morgan fingerprint density at radius 1 is 1.26 bits per heavy atom. The van der Waals surface area contributed by atoms with Gasteiger partial charge in [0.1, 0.15) is 5.69 Å². The van der Waals surface area contributed by atoms with E-state index < -0.39 is 0 Å². The van der Waals surface area contributed by atoms with Crippen molar-refractivity contribution in [2.45, 2.75) is 38.9 Å². The van der Waals surface area contributed by atoms with Gasteiger partial charge in [-0.05, 0) is 43.4 Å². The predicted molar refractivity (Wildman–Crippen MR) is 115 cm³/mol. The summed E-state index contributed by atoms with van der Waals surface area (Å²) in [5.41, 5.74) is 1.34. The van der Waals surface area contributed by atoms with Gasteiger partial charge in [0, 0.05) is 42.8 Å². The first kappa shape index (κ1) is 21.4. The largest absolute Gasteiger partial charge is 0.352 e. The van der Waals surface area contributed by atoms with Crippen LogP contribution in [0.3, 0.4) is 0 Å². The Labute approximate surface area is 185 Å². The number of aryl methyl sites for hydroxylation is 1. The zero-order chi connectivity index (χ0) is 22.0. The van der Waals surface area contributed by atoms with Crippen LogP contribution in [0.4, 0.5) is 0 Å². The maximum Gasteiger partial charge on any atom is 0.272 e. The molecule has 2 aromatic rings. The molecule has 1 saturated heterocycles. The molecule has 1 aliphatic carbocycles. The maximum absolute atomic E-state index is 13.0. The number of carbonyl (C=O) groups excluding carboxylic acids is 3. The highest BCUT2D eigenvalue weighted by Gasteiger charge is 2.42. The molecule has 164 valence electrons. The molecular weight excluding hydrogens is 418 g/mol. The van der Waals surface area contributed by atoms with Gasteiger partial charge >= 0.3 is 0 Å². The molecule has 1 aromatic carbocycles. The summed E-state index contributed by atoms with van der Waals surface area (Å²) in [6.07, 6.45) is 2.78. The van der Waals surface area contributed by atoms with E-state index in [0.29, 0.717) is 43.2 Å². The Kier molecular flexibility index (Phi) is 6.27. The van der Waals surface area contributed by atoms with Crippen LogP contribution in [-0.2, 0) is 22.7 Å². The molecule has 1 aliphatic heterocycles. The Hall–Kier alpha value is -2.87. The smallest absolute Gasteiger partial charge is 0.272 e. The fourth-order valence-electron chi connectivity index (χ4n) is 4.54. The quantitative estimate of drug-likeness (QED) is 0.737. The molecule has 9 heteroatoms. The van der Waals surface area contributed by atoms with E-state index in [0.717, 1.165) is 5.56 Å². The van der Waals surface area contributed by atoms with E-state index >= 15 is 0 Å². The van der Waals surface area contributed by atoms with Gasteiger partial charge in [-0.3, -0.25) is 19.1 Å². The fourth-order valence-corrected chi connectivity index (χ4v) is 4.74. The van der Waals surface area contributed by atoms with Crippen molar-refractivity contribution in [2.75, 3.05) is 13.1 Å². The second kappa shape index (κ2) is 9.09. The van der Waals surface area contributed by atoms with Crippen LogP contribution in [0.2, 0.25) is 5.02 Å². The summed E-state index contributed by atoms with van der Waals surface area (Å²) >= 11 is 6.17. The molecule has 31 heavy (non-hydrogen) atoms. The van der Waals surface area contributed by atoms with Crippen molar-refractivity contribution in [3.63, 3.8) is 0 Å². The van der Waals surface area contributed by atoms with Gasteiger partial charge in [0.25, 0.3) is 5.91 Å². The number of benzene rings is 1. The monoisotopic (exact) mass is 443 g/mol. The lowest BCUT2D eigenvalue weighted by Gasteiger charge is -2.23. The predicted octanol–water partition coefficient (Wildman–Crippen LogP) is 1.84. The molecule has 3 amide bonds. The molecule has 2 fully saturated rings. The lowest BCUT2D eigenvalue weighted by atomic mass is 10.0. The van der Waals surface area contributed by atoms with Gasteiger partial charge in [-0.1, -0.05) is 29.8 Å². The van der Waals surface area contributed by atoms with Crippen LogP contribution in [-0.4, -0.2) is 51.5 Å². The molecule has 0 radical (unpaired) electrons. The van der Waals surface area contributed by atoms with Crippen LogP contribution < -0.4 is 10.6 Å². The maximum atomic E-state index is 13.0. The second-order valence-electron chi connectivity index (χ2n) is 8.13. The Balaban J connectivity index is 1.41. The molecule has 2 N–H and O–H groups in total. The molecule has 4 rings (SSSR count). The summed E-state index contributed by atoms with van der Waals surface area (Å²) in [5.74, 6) is -0.634. The van der Waals surface area contributed by atoms with Gasteiger partial charge in [0.05, 0.1) is 6.54 Å². The summed E-state index contributed by atoms with van der Waals surface area (Å²) in [4.78, 5) is 39.8. The van der Waals surface area contributed by atoms with E-state index in [1.807, 2.05) is 25.1 Å². The van der Waals surface area contributed by atoms with Gasteiger partial charge in [-0.25, -0.2) is 0 Å². The molecule has 3 atom stereocenters. The van der Waals surface area contributed by atoms with E-state index in [-0.39, 0.29) is 42.1 Å². The minimum absolute atomic E-state index is 0.0180. The molecule has 1 saturated carbocycles. The van der Waals surface area contributed by atoms with E-state index in [9.17, 15) is 14.4 Å². The van der Waals surface area contributed by atoms with Crippen molar-refractivity contribution >= 4 is 29.3 Å². The van der Waals surface area contributed by atoms with Crippen molar-refractivity contribution < 1.29 is 14.4 Å². The first-order chi connectivity index (χ1) is 15.0. The Morgan fingerprint density at radius 3 is 2.84 bits per heavy atom. The number of carbonyl (C=O) groups is 3. The summed E-state index contributed by atoms with van der Waals surface area (Å²) in [5, 5.41) is 10.7. The topological polar surface area (TPSA) is 96.3 Å². The van der Waals surface area contributed by atoms with E-state index in [4.69, 9.17) is 11.6 Å². The molecule has 1 aromatic heterocycles. The highest BCUT2D eigenvalue weighted by molar-refractivity contribution is 6.31. The molecule has 0 spiro atoms. The number of nitrogens with one attached hydrogen (secondary N) is 2. The van der Waals surface area contributed by atoms with Crippen molar-refractivity contribution in [3.05, 3.63) is 52.8 Å². The molecule has 8 nitrogen and oxygen atoms in total.